The summed E-state index contributed by atoms with van der Waals surface area (Å²) >= 11 is 0. The molecule has 0 aliphatic carbocycles. The Kier molecular flexibility index (Phi) is 7.42. The number of aliphatic carboxylic acids is 1. The molecule has 2 N–H and O–H groups in total. The topological polar surface area (TPSA) is 97.1 Å². The summed E-state index contributed by atoms with van der Waals surface area (Å²) in [6.07, 6.45) is 4.93. The van der Waals surface area contributed by atoms with Crippen molar-refractivity contribution in [1.29, 1.82) is 0 Å². The number of nitrogens with zero attached hydrogens (tertiary/aromatic N) is 3. The third-order valence-electron chi connectivity index (χ3n) is 3.01. The van der Waals surface area contributed by atoms with Crippen molar-refractivity contribution in [2.45, 2.75) is 52.5 Å². The molecule has 1 amide bonds. The van der Waals surface area contributed by atoms with Crippen LogP contribution in [-0.2, 0) is 22.6 Å². The zero-order valence-electron chi connectivity index (χ0n) is 12.7. The number of unbranched alkanes of at least 4 members (excludes halogenated alkanes) is 1. The van der Waals surface area contributed by atoms with Crippen LogP contribution in [0.4, 0.5) is 0 Å². The second-order valence-electron chi connectivity index (χ2n) is 5.54. The lowest BCUT2D eigenvalue weighted by atomic mass is 10.1. The first-order chi connectivity index (χ1) is 9.97. The van der Waals surface area contributed by atoms with Crippen LogP contribution in [0.25, 0.3) is 0 Å². The quantitative estimate of drug-likeness (QED) is 0.633. The summed E-state index contributed by atoms with van der Waals surface area (Å²) < 4.78 is 1.51. The normalized spacial score (nSPS) is 10.8. The highest BCUT2D eigenvalue weighted by molar-refractivity contribution is 5.75. The minimum atomic E-state index is -0.781. The predicted octanol–water partition coefficient (Wildman–Crippen LogP) is 1.24. The second-order valence-corrected chi connectivity index (χ2v) is 5.54. The summed E-state index contributed by atoms with van der Waals surface area (Å²) in [6, 6.07) is 0. The second kappa shape index (κ2) is 9.10. The number of carboxylic acid groups (broad SMARTS) is 1. The molecule has 0 fully saturated rings. The van der Waals surface area contributed by atoms with Gasteiger partial charge in [-0.2, -0.15) is 0 Å². The number of carboxylic acids is 1. The van der Waals surface area contributed by atoms with E-state index in [0.717, 1.165) is 18.5 Å². The number of amides is 1. The molecule has 0 aromatic carbocycles. The maximum absolute atomic E-state index is 11.7. The Morgan fingerprint density at radius 3 is 2.81 bits per heavy atom. The summed E-state index contributed by atoms with van der Waals surface area (Å²) in [6.45, 7) is 5.06. The lowest BCUT2D eigenvalue weighted by Crippen LogP contribution is -2.29. The molecule has 0 unspecified atom stereocenters. The zero-order valence-corrected chi connectivity index (χ0v) is 12.7. The molecule has 7 nitrogen and oxygen atoms in total. The van der Waals surface area contributed by atoms with Crippen molar-refractivity contribution in [2.24, 2.45) is 5.92 Å². The van der Waals surface area contributed by atoms with E-state index in [4.69, 9.17) is 5.11 Å². The van der Waals surface area contributed by atoms with Gasteiger partial charge >= 0.3 is 5.97 Å². The van der Waals surface area contributed by atoms with Gasteiger partial charge in [-0.15, -0.1) is 5.10 Å². The molecule has 1 aromatic rings. The smallest absolute Gasteiger partial charge is 0.303 e. The van der Waals surface area contributed by atoms with Gasteiger partial charge in [0.1, 0.15) is 6.54 Å². The standard InChI is InChI=1S/C14H24N4O3/c1-11(2)7-8-15-13(19)10-18-9-12(16-17-18)5-3-4-6-14(20)21/h9,11H,3-8,10H2,1-2H3,(H,15,19)(H,20,21). The third kappa shape index (κ3) is 8.06. The Hall–Kier alpha value is -1.92. The largest absolute Gasteiger partial charge is 0.481 e. The van der Waals surface area contributed by atoms with Gasteiger partial charge in [0.25, 0.3) is 0 Å². The Morgan fingerprint density at radius 2 is 2.14 bits per heavy atom. The molecule has 0 radical (unpaired) electrons. The van der Waals surface area contributed by atoms with Gasteiger partial charge in [0.15, 0.2) is 0 Å². The minimum absolute atomic E-state index is 0.0713. The van der Waals surface area contributed by atoms with Crippen LogP contribution in [0.3, 0.4) is 0 Å². The van der Waals surface area contributed by atoms with E-state index in [0.29, 0.717) is 25.3 Å². The molecule has 0 aliphatic heterocycles. The Labute approximate surface area is 124 Å². The average Bonchev–Trinajstić information content (AvgIpc) is 2.81. The van der Waals surface area contributed by atoms with Crippen LogP contribution >= 0.6 is 0 Å². The lowest BCUT2D eigenvalue weighted by molar-refractivity contribution is -0.137. The highest BCUT2D eigenvalue weighted by Crippen LogP contribution is 2.03. The molecule has 21 heavy (non-hydrogen) atoms. The van der Waals surface area contributed by atoms with Crippen molar-refractivity contribution in [3.63, 3.8) is 0 Å². The number of carbonyl (C=O) groups is 2. The highest BCUT2D eigenvalue weighted by Gasteiger charge is 2.06. The van der Waals surface area contributed by atoms with Gasteiger partial charge in [0.2, 0.25) is 5.91 Å². The molecule has 0 bridgehead atoms. The van der Waals surface area contributed by atoms with Crippen LogP contribution in [0, 0.1) is 5.92 Å². The van der Waals surface area contributed by atoms with E-state index in [1.807, 2.05) is 0 Å². The summed E-state index contributed by atoms with van der Waals surface area (Å²) in [5, 5.41) is 19.3. The monoisotopic (exact) mass is 296 g/mol. The molecule has 0 spiro atoms. The molecule has 0 atom stereocenters. The van der Waals surface area contributed by atoms with Gasteiger partial charge < -0.3 is 10.4 Å². The number of hydrogen-bond donors (Lipinski definition) is 2. The van der Waals surface area contributed by atoms with Crippen LogP contribution in [0.15, 0.2) is 6.20 Å². The number of aromatic nitrogens is 3. The van der Waals surface area contributed by atoms with Crippen molar-refractivity contribution in [1.82, 2.24) is 20.3 Å². The van der Waals surface area contributed by atoms with E-state index in [-0.39, 0.29) is 18.9 Å². The number of carbonyl (C=O) groups excluding carboxylic acids is 1. The molecule has 0 saturated heterocycles. The van der Waals surface area contributed by atoms with E-state index >= 15 is 0 Å². The van der Waals surface area contributed by atoms with Gasteiger partial charge in [0, 0.05) is 19.2 Å². The van der Waals surface area contributed by atoms with Crippen molar-refractivity contribution in [3.05, 3.63) is 11.9 Å². The van der Waals surface area contributed by atoms with Crippen LogP contribution in [0.1, 0.15) is 45.2 Å². The fourth-order valence-electron chi connectivity index (χ4n) is 1.82. The van der Waals surface area contributed by atoms with E-state index in [1.165, 1.54) is 4.68 Å². The van der Waals surface area contributed by atoms with Crippen molar-refractivity contribution >= 4 is 11.9 Å². The maximum Gasteiger partial charge on any atom is 0.303 e. The lowest BCUT2D eigenvalue weighted by Gasteiger charge is -2.06. The summed E-state index contributed by atoms with van der Waals surface area (Å²) in [4.78, 5) is 22.1. The van der Waals surface area contributed by atoms with Gasteiger partial charge in [0.05, 0.1) is 5.69 Å². The third-order valence-corrected chi connectivity index (χ3v) is 3.01. The van der Waals surface area contributed by atoms with Crippen molar-refractivity contribution < 1.29 is 14.7 Å². The fourth-order valence-corrected chi connectivity index (χ4v) is 1.82. The summed E-state index contributed by atoms with van der Waals surface area (Å²) in [5.41, 5.74) is 0.787. The van der Waals surface area contributed by atoms with Gasteiger partial charge in [-0.05, 0) is 31.6 Å². The number of aryl methyl sites for hydroxylation is 1. The first-order valence-electron chi connectivity index (χ1n) is 7.35. The van der Waals surface area contributed by atoms with Crippen LogP contribution in [0.2, 0.25) is 0 Å². The van der Waals surface area contributed by atoms with Crippen LogP contribution < -0.4 is 5.32 Å². The molecule has 7 heteroatoms. The number of hydrogen-bond acceptors (Lipinski definition) is 4. The van der Waals surface area contributed by atoms with E-state index in [1.54, 1.807) is 6.20 Å². The van der Waals surface area contributed by atoms with E-state index in [2.05, 4.69) is 29.5 Å². The molecule has 1 heterocycles. The van der Waals surface area contributed by atoms with Gasteiger partial charge in [-0.1, -0.05) is 19.1 Å². The molecular weight excluding hydrogens is 272 g/mol. The molecule has 0 aliphatic rings. The maximum atomic E-state index is 11.7. The van der Waals surface area contributed by atoms with E-state index in [9.17, 15) is 9.59 Å². The Morgan fingerprint density at radius 1 is 1.38 bits per heavy atom. The number of rotatable bonds is 10. The molecule has 1 aromatic heterocycles. The van der Waals surface area contributed by atoms with Crippen LogP contribution in [-0.4, -0.2) is 38.5 Å². The molecule has 0 saturated carbocycles. The summed E-state index contributed by atoms with van der Waals surface area (Å²) in [7, 11) is 0. The average molecular weight is 296 g/mol. The minimum Gasteiger partial charge on any atom is -0.481 e. The fraction of sp³-hybridized carbons (Fsp3) is 0.714. The molecule has 1 rings (SSSR count). The van der Waals surface area contributed by atoms with Gasteiger partial charge in [-0.25, -0.2) is 4.68 Å². The first-order valence-corrected chi connectivity index (χ1v) is 7.35. The SMILES string of the molecule is CC(C)CCNC(=O)Cn1cc(CCCCC(=O)O)nn1. The van der Waals surface area contributed by atoms with Gasteiger partial charge in [-0.3, -0.25) is 9.59 Å². The van der Waals surface area contributed by atoms with E-state index < -0.39 is 5.97 Å². The Balaban J connectivity index is 2.24. The van der Waals surface area contributed by atoms with Crippen molar-refractivity contribution in [2.75, 3.05) is 6.54 Å². The molecule has 118 valence electrons. The predicted molar refractivity (Wildman–Crippen MR) is 77.7 cm³/mol. The number of nitrogens with one attached hydrogen (secondary N) is 1. The molecular formula is C14H24N4O3. The van der Waals surface area contributed by atoms with Crippen molar-refractivity contribution in [3.8, 4) is 0 Å². The van der Waals surface area contributed by atoms with Crippen LogP contribution in [0.5, 0.6) is 0 Å². The Bertz CT molecular complexity index is 457. The summed E-state index contributed by atoms with van der Waals surface area (Å²) in [5.74, 6) is -0.288. The zero-order chi connectivity index (χ0) is 15.7. The first kappa shape index (κ1) is 17.1. The highest BCUT2D eigenvalue weighted by atomic mass is 16.4.